The Morgan fingerprint density at radius 2 is 1.81 bits per heavy atom. The topological polar surface area (TPSA) is 166 Å². The van der Waals surface area contributed by atoms with Gasteiger partial charge in [-0.25, -0.2) is 8.42 Å². The molecule has 1 aliphatic rings. The average Bonchev–Trinajstić information content (AvgIpc) is 3.58. The predicted molar refractivity (Wildman–Crippen MR) is 133 cm³/mol. The molecule has 2 unspecified atom stereocenters. The van der Waals surface area contributed by atoms with Crippen LogP contribution in [0.5, 0.6) is 0 Å². The SMILES string of the molecule is CCC(C)(C)C(=O)NC(CC(=O)NCCOCCC1CO1)C(=O)NCC[N+](C)(C)CCCS(=O)(=O)[O-]. The summed E-state index contributed by atoms with van der Waals surface area (Å²) in [6.45, 7) is 8.52. The Labute approximate surface area is 215 Å². The molecule has 0 bridgehead atoms. The normalized spacial score (nSPS) is 16.8. The fraction of sp³-hybridized carbons (Fsp3) is 0.870. The third-order valence-corrected chi connectivity index (χ3v) is 7.03. The number of amides is 3. The van der Waals surface area contributed by atoms with E-state index in [2.05, 4.69) is 16.0 Å². The van der Waals surface area contributed by atoms with Crippen molar-refractivity contribution >= 4 is 27.8 Å². The highest BCUT2D eigenvalue weighted by molar-refractivity contribution is 7.85. The summed E-state index contributed by atoms with van der Waals surface area (Å²) in [5, 5.41) is 8.17. The van der Waals surface area contributed by atoms with Crippen LogP contribution >= 0.6 is 0 Å². The molecule has 0 spiro atoms. The van der Waals surface area contributed by atoms with E-state index >= 15 is 0 Å². The Balaban J connectivity index is 2.55. The fourth-order valence-corrected chi connectivity index (χ4v) is 3.66. The van der Waals surface area contributed by atoms with Gasteiger partial charge in [-0.15, -0.1) is 0 Å². The quantitative estimate of drug-likeness (QED) is 0.0847. The number of hydrogen-bond donors (Lipinski definition) is 3. The van der Waals surface area contributed by atoms with E-state index in [1.165, 1.54) is 0 Å². The summed E-state index contributed by atoms with van der Waals surface area (Å²) in [6, 6.07) is -1.04. The molecule has 1 fully saturated rings. The van der Waals surface area contributed by atoms with Crippen LogP contribution in [-0.2, 0) is 34.0 Å². The largest absolute Gasteiger partial charge is 0.748 e. The molecule has 1 aliphatic heterocycles. The van der Waals surface area contributed by atoms with Crippen LogP contribution in [0, 0.1) is 5.41 Å². The molecule has 0 saturated carbocycles. The number of carbonyl (C=O) groups is 3. The number of hydrogen-bond acceptors (Lipinski definition) is 8. The maximum Gasteiger partial charge on any atom is 0.243 e. The minimum atomic E-state index is -4.26. The second kappa shape index (κ2) is 14.8. The zero-order valence-electron chi connectivity index (χ0n) is 22.3. The van der Waals surface area contributed by atoms with Gasteiger partial charge in [0.05, 0.1) is 69.6 Å². The van der Waals surface area contributed by atoms with Crippen LogP contribution in [-0.4, -0.2) is 113 Å². The Morgan fingerprint density at radius 1 is 1.14 bits per heavy atom. The van der Waals surface area contributed by atoms with Crippen molar-refractivity contribution in [1.82, 2.24) is 16.0 Å². The van der Waals surface area contributed by atoms with Crippen molar-refractivity contribution in [3.8, 4) is 0 Å². The van der Waals surface area contributed by atoms with Crippen molar-refractivity contribution in [2.75, 3.05) is 65.8 Å². The second-order valence-corrected chi connectivity index (χ2v) is 12.0. The molecule has 1 heterocycles. The Bertz CT molecular complexity index is 828. The van der Waals surface area contributed by atoms with Crippen LogP contribution in [0.15, 0.2) is 0 Å². The monoisotopic (exact) mass is 536 g/mol. The first kappa shape index (κ1) is 32.2. The van der Waals surface area contributed by atoms with E-state index in [9.17, 15) is 27.4 Å². The zero-order valence-corrected chi connectivity index (χ0v) is 23.1. The number of nitrogens with zero attached hydrogens (tertiary/aromatic N) is 1. The Kier molecular flexibility index (Phi) is 13.3. The first-order valence-electron chi connectivity index (χ1n) is 12.5. The number of ether oxygens (including phenoxy) is 2. The summed E-state index contributed by atoms with van der Waals surface area (Å²) in [5.41, 5.74) is -0.700. The molecule has 36 heavy (non-hydrogen) atoms. The molecule has 0 radical (unpaired) electrons. The van der Waals surface area contributed by atoms with Gasteiger partial charge in [0.15, 0.2) is 0 Å². The van der Waals surface area contributed by atoms with Crippen LogP contribution in [0.25, 0.3) is 0 Å². The predicted octanol–water partition coefficient (Wildman–Crippen LogP) is -0.653. The van der Waals surface area contributed by atoms with E-state index in [0.29, 0.717) is 37.2 Å². The lowest BCUT2D eigenvalue weighted by Gasteiger charge is -2.30. The number of rotatable bonds is 19. The number of carbonyl (C=O) groups excluding carboxylic acids is 3. The summed E-state index contributed by atoms with van der Waals surface area (Å²) in [4.78, 5) is 38.0. The highest BCUT2D eigenvalue weighted by Gasteiger charge is 2.31. The maximum atomic E-state index is 12.9. The minimum Gasteiger partial charge on any atom is -0.748 e. The smallest absolute Gasteiger partial charge is 0.243 e. The van der Waals surface area contributed by atoms with E-state index in [1.807, 2.05) is 21.0 Å². The number of nitrogens with one attached hydrogen (secondary N) is 3. The number of likely N-dealkylation sites (N-methyl/N-ethyl adjacent to an activating group) is 1. The summed E-state index contributed by atoms with van der Waals surface area (Å²) in [7, 11) is -0.541. The van der Waals surface area contributed by atoms with Crippen molar-refractivity contribution < 1.29 is 41.3 Å². The highest BCUT2D eigenvalue weighted by atomic mass is 32.2. The molecular formula is C23H44N4O8S. The lowest BCUT2D eigenvalue weighted by Crippen LogP contribution is -2.54. The molecule has 0 aromatic rings. The lowest BCUT2D eigenvalue weighted by molar-refractivity contribution is -0.889. The molecule has 12 nitrogen and oxygen atoms in total. The summed E-state index contributed by atoms with van der Waals surface area (Å²) in [6.07, 6.45) is 1.67. The van der Waals surface area contributed by atoms with Crippen molar-refractivity contribution in [2.45, 2.75) is 58.6 Å². The van der Waals surface area contributed by atoms with Gasteiger partial charge in [0.1, 0.15) is 6.04 Å². The highest BCUT2D eigenvalue weighted by Crippen LogP contribution is 2.20. The number of epoxide rings is 1. The van der Waals surface area contributed by atoms with Gasteiger partial charge in [-0.05, 0) is 12.8 Å². The first-order chi connectivity index (χ1) is 16.6. The van der Waals surface area contributed by atoms with Gasteiger partial charge in [0, 0.05) is 30.7 Å². The van der Waals surface area contributed by atoms with Crippen LogP contribution in [0.2, 0.25) is 0 Å². The summed E-state index contributed by atoms with van der Waals surface area (Å²) >= 11 is 0. The van der Waals surface area contributed by atoms with E-state index < -0.39 is 33.2 Å². The van der Waals surface area contributed by atoms with Crippen LogP contribution in [0.1, 0.15) is 46.5 Å². The van der Waals surface area contributed by atoms with Gasteiger partial charge in [-0.2, -0.15) is 0 Å². The van der Waals surface area contributed by atoms with Crippen LogP contribution in [0.4, 0.5) is 0 Å². The van der Waals surface area contributed by atoms with E-state index in [0.717, 1.165) is 13.0 Å². The van der Waals surface area contributed by atoms with Crippen LogP contribution < -0.4 is 16.0 Å². The van der Waals surface area contributed by atoms with Crippen molar-refractivity contribution in [3.05, 3.63) is 0 Å². The van der Waals surface area contributed by atoms with Crippen LogP contribution in [0.3, 0.4) is 0 Å². The molecule has 2 atom stereocenters. The van der Waals surface area contributed by atoms with Gasteiger partial charge < -0.3 is 34.5 Å². The van der Waals surface area contributed by atoms with Gasteiger partial charge in [0.25, 0.3) is 0 Å². The van der Waals surface area contributed by atoms with E-state index in [1.54, 1.807) is 13.8 Å². The maximum absolute atomic E-state index is 12.9. The minimum absolute atomic E-state index is 0.215. The molecule has 0 aromatic carbocycles. The van der Waals surface area contributed by atoms with E-state index in [-0.39, 0.29) is 43.8 Å². The van der Waals surface area contributed by atoms with Gasteiger partial charge in [-0.1, -0.05) is 20.8 Å². The fourth-order valence-electron chi connectivity index (χ4n) is 3.18. The Hall–Kier alpha value is -1.80. The zero-order chi connectivity index (χ0) is 27.4. The first-order valence-corrected chi connectivity index (χ1v) is 14.0. The Morgan fingerprint density at radius 3 is 2.39 bits per heavy atom. The van der Waals surface area contributed by atoms with E-state index in [4.69, 9.17) is 9.47 Å². The molecule has 1 saturated heterocycles. The summed E-state index contributed by atoms with van der Waals surface area (Å²) in [5.74, 6) is -1.61. The molecule has 1 rings (SSSR count). The van der Waals surface area contributed by atoms with Gasteiger partial charge in [-0.3, -0.25) is 14.4 Å². The molecular weight excluding hydrogens is 492 g/mol. The third-order valence-electron chi connectivity index (χ3n) is 6.24. The van der Waals surface area contributed by atoms with Crippen molar-refractivity contribution in [3.63, 3.8) is 0 Å². The average molecular weight is 537 g/mol. The van der Waals surface area contributed by atoms with Gasteiger partial charge in [0.2, 0.25) is 17.7 Å². The molecule has 0 aliphatic carbocycles. The number of quaternary nitrogens is 1. The van der Waals surface area contributed by atoms with Crippen molar-refractivity contribution in [1.29, 1.82) is 0 Å². The second-order valence-electron chi connectivity index (χ2n) is 10.5. The molecule has 0 aromatic heterocycles. The van der Waals surface area contributed by atoms with Crippen molar-refractivity contribution in [2.24, 2.45) is 5.41 Å². The molecule has 210 valence electrons. The van der Waals surface area contributed by atoms with Gasteiger partial charge >= 0.3 is 0 Å². The molecule has 13 heteroatoms. The third kappa shape index (κ3) is 14.7. The molecule has 3 amide bonds. The lowest BCUT2D eigenvalue weighted by atomic mass is 9.89. The summed E-state index contributed by atoms with van der Waals surface area (Å²) < 4.78 is 43.4. The molecule has 3 N–H and O–H groups in total. The standard InChI is InChI=1S/C23H44N4O8S/c1-6-23(2,3)22(30)26-19(16-20(28)24-10-14-34-13-8-18-17-35-18)21(29)25-9-12-27(4,5)11-7-15-36(31,32)33/h18-19H,6-17H2,1-5H3,(H3-,24,25,26,28,29,30,31,32,33).